The normalized spacial score (nSPS) is 12.6. The van der Waals surface area contributed by atoms with Crippen LogP contribution < -0.4 is 5.73 Å². The van der Waals surface area contributed by atoms with E-state index < -0.39 is 0 Å². The van der Waals surface area contributed by atoms with Crippen LogP contribution in [0.3, 0.4) is 0 Å². The summed E-state index contributed by atoms with van der Waals surface area (Å²) in [5.74, 6) is 0. The number of nitro benzene ring substituents is 1. The van der Waals surface area contributed by atoms with Crippen LogP contribution >= 0.6 is 0 Å². The van der Waals surface area contributed by atoms with Crippen LogP contribution in [0, 0.1) is 10.1 Å². The van der Waals surface area contributed by atoms with Crippen LogP contribution in [0.4, 0.5) is 5.69 Å². The molecule has 5 nitrogen and oxygen atoms in total. The van der Waals surface area contributed by atoms with Gasteiger partial charge in [0.1, 0.15) is 0 Å². The van der Waals surface area contributed by atoms with E-state index in [1.54, 1.807) is 18.3 Å². The van der Waals surface area contributed by atoms with Gasteiger partial charge in [0.05, 0.1) is 10.3 Å². The van der Waals surface area contributed by atoms with Gasteiger partial charge in [0.25, 0.3) is 5.69 Å². The van der Waals surface area contributed by atoms with Gasteiger partial charge in [-0.2, -0.15) is 0 Å². The zero-order valence-electron chi connectivity index (χ0n) is 10.2. The van der Waals surface area contributed by atoms with Crippen LogP contribution in [0.5, 0.6) is 0 Å². The number of non-ortho nitro benzene ring substituents is 1. The zero-order chi connectivity index (χ0) is 13.1. The lowest BCUT2D eigenvalue weighted by atomic mass is 9.98. The summed E-state index contributed by atoms with van der Waals surface area (Å²) in [6.45, 7) is 2.03. The van der Waals surface area contributed by atoms with Gasteiger partial charge in [-0.3, -0.25) is 15.1 Å². The highest BCUT2D eigenvalue weighted by Gasteiger charge is 2.15. The lowest BCUT2D eigenvalue weighted by Gasteiger charge is -2.11. The summed E-state index contributed by atoms with van der Waals surface area (Å²) in [4.78, 5) is 14.5. The predicted molar refractivity (Wildman–Crippen MR) is 70.4 cm³/mol. The minimum Gasteiger partial charge on any atom is -0.327 e. The predicted octanol–water partition coefficient (Wildman–Crippen LogP) is 2.42. The minimum absolute atomic E-state index is 0.0721. The maximum atomic E-state index is 11.0. The first kappa shape index (κ1) is 12.4. The minimum atomic E-state index is -0.381. The molecular formula is C13H15N3O2. The molecule has 1 heterocycles. The summed E-state index contributed by atoms with van der Waals surface area (Å²) in [7, 11) is 0. The van der Waals surface area contributed by atoms with E-state index >= 15 is 0 Å². The SMILES string of the molecule is CCC(N)Cc1ccc([N+](=O)[O-])c2cnccc12. The molecule has 0 aliphatic heterocycles. The lowest BCUT2D eigenvalue weighted by Crippen LogP contribution is -2.21. The summed E-state index contributed by atoms with van der Waals surface area (Å²) in [6, 6.07) is 5.19. The number of fused-ring (bicyclic) bond motifs is 1. The number of pyridine rings is 1. The fourth-order valence-electron chi connectivity index (χ4n) is 2.00. The highest BCUT2D eigenvalue weighted by molar-refractivity contribution is 5.92. The number of hydrogen-bond acceptors (Lipinski definition) is 4. The molecule has 0 fully saturated rings. The van der Waals surface area contributed by atoms with Gasteiger partial charge in [0.15, 0.2) is 0 Å². The summed E-state index contributed by atoms with van der Waals surface area (Å²) in [5, 5.41) is 12.4. The number of nitrogens with two attached hydrogens (primary N) is 1. The topological polar surface area (TPSA) is 82.0 Å². The Hall–Kier alpha value is -2.01. The second-order valence-electron chi connectivity index (χ2n) is 4.29. The summed E-state index contributed by atoms with van der Waals surface area (Å²) < 4.78 is 0. The molecule has 1 atom stereocenters. The van der Waals surface area contributed by atoms with Crippen LogP contribution in [0.25, 0.3) is 10.8 Å². The monoisotopic (exact) mass is 245 g/mol. The second kappa shape index (κ2) is 5.10. The van der Waals surface area contributed by atoms with E-state index in [1.165, 1.54) is 12.3 Å². The number of hydrogen-bond donors (Lipinski definition) is 1. The van der Waals surface area contributed by atoms with Crippen molar-refractivity contribution < 1.29 is 4.92 Å². The van der Waals surface area contributed by atoms with Crippen molar-refractivity contribution in [3.8, 4) is 0 Å². The summed E-state index contributed by atoms with van der Waals surface area (Å²) >= 11 is 0. The van der Waals surface area contributed by atoms with E-state index in [2.05, 4.69) is 4.98 Å². The van der Waals surface area contributed by atoms with Crippen molar-refractivity contribution in [1.29, 1.82) is 0 Å². The van der Waals surface area contributed by atoms with E-state index in [4.69, 9.17) is 5.73 Å². The van der Waals surface area contributed by atoms with Crippen molar-refractivity contribution in [2.75, 3.05) is 0 Å². The molecule has 5 heteroatoms. The fraction of sp³-hybridized carbons (Fsp3) is 0.308. The van der Waals surface area contributed by atoms with Crippen molar-refractivity contribution in [3.05, 3.63) is 46.3 Å². The fourth-order valence-corrected chi connectivity index (χ4v) is 2.00. The van der Waals surface area contributed by atoms with E-state index in [1.807, 2.05) is 6.92 Å². The van der Waals surface area contributed by atoms with Gasteiger partial charge >= 0.3 is 0 Å². The number of benzene rings is 1. The Labute approximate surface area is 105 Å². The average Bonchev–Trinajstić information content (AvgIpc) is 2.38. The smallest absolute Gasteiger partial charge is 0.278 e. The van der Waals surface area contributed by atoms with E-state index in [9.17, 15) is 10.1 Å². The van der Waals surface area contributed by atoms with Gasteiger partial charge in [0, 0.05) is 24.5 Å². The average molecular weight is 245 g/mol. The van der Waals surface area contributed by atoms with Crippen LogP contribution in [0.15, 0.2) is 30.6 Å². The number of nitro groups is 1. The van der Waals surface area contributed by atoms with Gasteiger partial charge < -0.3 is 5.73 Å². The molecule has 2 rings (SSSR count). The third-order valence-electron chi connectivity index (χ3n) is 3.09. The van der Waals surface area contributed by atoms with E-state index in [-0.39, 0.29) is 16.7 Å². The molecule has 0 spiro atoms. The first-order valence-corrected chi connectivity index (χ1v) is 5.89. The molecule has 1 unspecified atom stereocenters. The molecule has 1 aromatic heterocycles. The number of nitrogens with zero attached hydrogens (tertiary/aromatic N) is 2. The quantitative estimate of drug-likeness (QED) is 0.662. The molecule has 0 aliphatic carbocycles. The molecule has 2 N–H and O–H groups in total. The van der Waals surface area contributed by atoms with Gasteiger partial charge in [-0.25, -0.2) is 0 Å². The Morgan fingerprint density at radius 2 is 2.17 bits per heavy atom. The third kappa shape index (κ3) is 2.31. The van der Waals surface area contributed by atoms with Gasteiger partial charge in [-0.05, 0) is 29.9 Å². The summed E-state index contributed by atoms with van der Waals surface area (Å²) in [5.41, 5.74) is 7.07. The number of aromatic nitrogens is 1. The Balaban J connectivity index is 2.57. The number of rotatable bonds is 4. The molecule has 2 aromatic rings. The molecule has 18 heavy (non-hydrogen) atoms. The van der Waals surface area contributed by atoms with Crippen molar-refractivity contribution in [3.63, 3.8) is 0 Å². The van der Waals surface area contributed by atoms with Crippen LogP contribution in [0.1, 0.15) is 18.9 Å². The standard InChI is InChI=1S/C13H15N3O2/c1-2-10(14)7-9-3-4-13(16(17)18)12-8-15-6-5-11(9)12/h3-6,8,10H,2,7,14H2,1H3. The Morgan fingerprint density at radius 3 is 2.83 bits per heavy atom. The molecule has 1 aromatic carbocycles. The zero-order valence-corrected chi connectivity index (χ0v) is 10.2. The highest BCUT2D eigenvalue weighted by atomic mass is 16.6. The Morgan fingerprint density at radius 1 is 1.39 bits per heavy atom. The molecule has 0 amide bonds. The van der Waals surface area contributed by atoms with Gasteiger partial charge in [-0.1, -0.05) is 13.0 Å². The molecular weight excluding hydrogens is 230 g/mol. The van der Waals surface area contributed by atoms with Crippen LogP contribution in [-0.4, -0.2) is 15.9 Å². The van der Waals surface area contributed by atoms with Gasteiger partial charge in [0.2, 0.25) is 0 Å². The van der Waals surface area contributed by atoms with Gasteiger partial charge in [-0.15, -0.1) is 0 Å². The Kier molecular flexibility index (Phi) is 3.53. The van der Waals surface area contributed by atoms with Crippen molar-refractivity contribution in [2.45, 2.75) is 25.8 Å². The van der Waals surface area contributed by atoms with Crippen molar-refractivity contribution in [1.82, 2.24) is 4.98 Å². The molecule has 0 aliphatic rings. The molecule has 0 saturated carbocycles. The summed E-state index contributed by atoms with van der Waals surface area (Å²) in [6.07, 6.45) is 4.78. The molecule has 0 radical (unpaired) electrons. The molecule has 94 valence electrons. The van der Waals surface area contributed by atoms with Crippen molar-refractivity contribution >= 4 is 16.5 Å². The van der Waals surface area contributed by atoms with E-state index in [0.717, 1.165) is 23.8 Å². The van der Waals surface area contributed by atoms with Crippen LogP contribution in [-0.2, 0) is 6.42 Å². The molecule has 0 bridgehead atoms. The first-order chi connectivity index (χ1) is 8.63. The largest absolute Gasteiger partial charge is 0.327 e. The molecule has 0 saturated heterocycles. The third-order valence-corrected chi connectivity index (χ3v) is 3.09. The van der Waals surface area contributed by atoms with E-state index in [0.29, 0.717) is 5.39 Å². The van der Waals surface area contributed by atoms with Crippen LogP contribution in [0.2, 0.25) is 0 Å². The maximum Gasteiger partial charge on any atom is 0.278 e. The van der Waals surface area contributed by atoms with Crippen molar-refractivity contribution in [2.24, 2.45) is 5.73 Å². The highest BCUT2D eigenvalue weighted by Crippen LogP contribution is 2.28. The second-order valence-corrected chi connectivity index (χ2v) is 4.29. The maximum absolute atomic E-state index is 11.0. The Bertz CT molecular complexity index is 583. The first-order valence-electron chi connectivity index (χ1n) is 5.89. The lowest BCUT2D eigenvalue weighted by molar-refractivity contribution is -0.383.